The summed E-state index contributed by atoms with van der Waals surface area (Å²) in [4.78, 5) is 16.3. The Kier molecular flexibility index (Phi) is 5.17. The quantitative estimate of drug-likeness (QED) is 0.640. The van der Waals surface area contributed by atoms with Gasteiger partial charge in [-0.25, -0.2) is 4.68 Å². The molecule has 0 saturated carbocycles. The van der Waals surface area contributed by atoms with E-state index < -0.39 is 11.9 Å². The Morgan fingerprint density at radius 3 is 2.66 bits per heavy atom. The van der Waals surface area contributed by atoms with E-state index in [4.69, 9.17) is 33.7 Å². The second kappa shape index (κ2) is 7.77. The fraction of sp³-hybridized carbons (Fsp3) is 0.150. The zero-order valence-corrected chi connectivity index (χ0v) is 16.9. The van der Waals surface area contributed by atoms with E-state index in [1.54, 1.807) is 23.7 Å². The minimum absolute atomic E-state index is 0.350. The molecule has 0 saturated heterocycles. The van der Waals surface area contributed by atoms with Crippen LogP contribution in [0.4, 0.5) is 5.95 Å². The van der Waals surface area contributed by atoms with Crippen LogP contribution in [0.2, 0.25) is 10.0 Å². The van der Waals surface area contributed by atoms with Crippen molar-refractivity contribution in [3.63, 3.8) is 0 Å². The van der Waals surface area contributed by atoms with Crippen LogP contribution in [0, 0.1) is 0 Å². The molecule has 4 rings (SSSR count). The number of aromatic nitrogens is 3. The van der Waals surface area contributed by atoms with Crippen LogP contribution < -0.4 is 15.8 Å². The van der Waals surface area contributed by atoms with Gasteiger partial charge >= 0.3 is 0 Å². The third-order valence-electron chi connectivity index (χ3n) is 4.65. The number of halogens is 2. The predicted molar refractivity (Wildman–Crippen MR) is 111 cm³/mol. The minimum Gasteiger partial charge on any atom is -0.489 e. The third kappa shape index (κ3) is 3.79. The van der Waals surface area contributed by atoms with E-state index in [1.165, 1.54) is 6.33 Å². The first-order valence-corrected chi connectivity index (χ1v) is 9.53. The maximum atomic E-state index is 12.1. The van der Waals surface area contributed by atoms with Crippen molar-refractivity contribution in [2.45, 2.75) is 19.6 Å². The molecule has 1 unspecified atom stereocenters. The number of primary amides is 1. The highest BCUT2D eigenvalue weighted by atomic mass is 35.5. The second-order valence-electron chi connectivity index (χ2n) is 6.56. The molecule has 1 aromatic heterocycles. The Labute approximate surface area is 177 Å². The number of allylic oxidation sites excluding steroid dienone is 1. The topological polar surface area (TPSA) is 95.1 Å². The van der Waals surface area contributed by atoms with E-state index in [1.807, 2.05) is 30.3 Å². The molecule has 1 aliphatic heterocycles. The van der Waals surface area contributed by atoms with Gasteiger partial charge in [0, 0.05) is 5.70 Å². The lowest BCUT2D eigenvalue weighted by Crippen LogP contribution is -2.31. The highest BCUT2D eigenvalue weighted by molar-refractivity contribution is 6.42. The van der Waals surface area contributed by atoms with Crippen LogP contribution in [0.5, 0.6) is 5.75 Å². The van der Waals surface area contributed by atoms with E-state index in [2.05, 4.69) is 15.4 Å². The first kappa shape index (κ1) is 19.3. The number of nitrogens with zero attached hydrogens (tertiary/aromatic N) is 3. The highest BCUT2D eigenvalue weighted by Gasteiger charge is 2.32. The number of amides is 1. The van der Waals surface area contributed by atoms with Gasteiger partial charge in [-0.3, -0.25) is 4.79 Å². The van der Waals surface area contributed by atoms with Gasteiger partial charge in [0.2, 0.25) is 11.9 Å². The Morgan fingerprint density at radius 2 is 1.97 bits per heavy atom. The van der Waals surface area contributed by atoms with E-state index in [-0.39, 0.29) is 0 Å². The lowest BCUT2D eigenvalue weighted by molar-refractivity contribution is -0.115. The van der Waals surface area contributed by atoms with Crippen molar-refractivity contribution in [1.29, 1.82) is 0 Å². The molecule has 7 nitrogen and oxygen atoms in total. The summed E-state index contributed by atoms with van der Waals surface area (Å²) in [7, 11) is 0. The molecule has 2 aromatic carbocycles. The van der Waals surface area contributed by atoms with Gasteiger partial charge in [-0.1, -0.05) is 41.4 Å². The van der Waals surface area contributed by atoms with Crippen LogP contribution in [0.1, 0.15) is 24.1 Å². The summed E-state index contributed by atoms with van der Waals surface area (Å²) in [5.74, 6) is 0.715. The van der Waals surface area contributed by atoms with Gasteiger partial charge in [0.1, 0.15) is 24.7 Å². The van der Waals surface area contributed by atoms with Gasteiger partial charge in [-0.2, -0.15) is 10.1 Å². The first-order valence-electron chi connectivity index (χ1n) is 8.78. The maximum Gasteiger partial charge on any atom is 0.248 e. The average molecular weight is 430 g/mol. The van der Waals surface area contributed by atoms with Crippen LogP contribution in [-0.2, 0) is 11.4 Å². The zero-order valence-electron chi connectivity index (χ0n) is 15.4. The summed E-state index contributed by atoms with van der Waals surface area (Å²) in [5, 5.41) is 8.28. The smallest absolute Gasteiger partial charge is 0.248 e. The van der Waals surface area contributed by atoms with Crippen LogP contribution in [0.25, 0.3) is 0 Å². The zero-order chi connectivity index (χ0) is 20.5. The number of benzene rings is 2. The molecule has 9 heteroatoms. The summed E-state index contributed by atoms with van der Waals surface area (Å²) >= 11 is 12.0. The standard InChI is InChI=1S/C20H17Cl2N5O2/c1-11-17(19(23)28)18(27-20(26-11)24-10-25-27)13-3-5-14(6-4-13)29-9-12-2-7-15(21)16(22)8-12/h2-8,10,18H,9H2,1H3,(H2,23,28)(H,24,25,26). The van der Waals surface area contributed by atoms with Crippen molar-refractivity contribution < 1.29 is 9.53 Å². The van der Waals surface area contributed by atoms with Gasteiger partial charge in [-0.05, 0) is 42.3 Å². The third-order valence-corrected chi connectivity index (χ3v) is 5.38. The van der Waals surface area contributed by atoms with Crippen molar-refractivity contribution in [2.75, 3.05) is 5.32 Å². The normalized spacial score (nSPS) is 15.6. The van der Waals surface area contributed by atoms with Crippen LogP contribution in [0.3, 0.4) is 0 Å². The van der Waals surface area contributed by atoms with Crippen molar-refractivity contribution in [2.24, 2.45) is 5.73 Å². The SMILES string of the molecule is CC1=C(C(N)=O)C(c2ccc(OCc3ccc(Cl)c(Cl)c3)cc2)n2ncnc2N1. The monoisotopic (exact) mass is 429 g/mol. The maximum absolute atomic E-state index is 12.1. The summed E-state index contributed by atoms with van der Waals surface area (Å²) in [5.41, 5.74) is 8.47. The van der Waals surface area contributed by atoms with Crippen molar-refractivity contribution in [3.8, 4) is 5.75 Å². The van der Waals surface area contributed by atoms with Crippen molar-refractivity contribution in [1.82, 2.24) is 14.8 Å². The molecular weight excluding hydrogens is 413 g/mol. The molecule has 148 valence electrons. The molecule has 29 heavy (non-hydrogen) atoms. The average Bonchev–Trinajstić information content (AvgIpc) is 3.16. The summed E-state index contributed by atoms with van der Waals surface area (Å²) in [6.45, 7) is 2.14. The Bertz CT molecular complexity index is 1110. The highest BCUT2D eigenvalue weighted by Crippen LogP contribution is 2.35. The Balaban J connectivity index is 1.57. The molecule has 3 aromatic rings. The molecule has 0 spiro atoms. The molecule has 2 heterocycles. The lowest BCUT2D eigenvalue weighted by atomic mass is 9.95. The number of carbonyl (C=O) groups is 1. The second-order valence-corrected chi connectivity index (χ2v) is 7.38. The van der Waals surface area contributed by atoms with Crippen LogP contribution >= 0.6 is 23.2 Å². The molecular formula is C20H17Cl2N5O2. The number of nitrogens with two attached hydrogens (primary N) is 1. The fourth-order valence-corrected chi connectivity index (χ4v) is 3.58. The number of hydrogen-bond acceptors (Lipinski definition) is 5. The summed E-state index contributed by atoms with van der Waals surface area (Å²) < 4.78 is 7.46. The van der Waals surface area contributed by atoms with Gasteiger partial charge in [0.05, 0.1) is 15.6 Å². The number of fused-ring (bicyclic) bond motifs is 1. The number of nitrogens with one attached hydrogen (secondary N) is 1. The molecule has 1 amide bonds. The molecule has 3 N–H and O–H groups in total. The van der Waals surface area contributed by atoms with Crippen molar-refractivity contribution >= 4 is 35.1 Å². The number of carbonyl (C=O) groups excluding carboxylic acids is 1. The van der Waals surface area contributed by atoms with E-state index in [0.29, 0.717) is 39.6 Å². The largest absolute Gasteiger partial charge is 0.489 e. The van der Waals surface area contributed by atoms with Gasteiger partial charge in [0.15, 0.2) is 0 Å². The van der Waals surface area contributed by atoms with Crippen molar-refractivity contribution in [3.05, 3.63) is 81.2 Å². The van der Waals surface area contributed by atoms with Gasteiger partial charge < -0.3 is 15.8 Å². The Morgan fingerprint density at radius 1 is 1.21 bits per heavy atom. The van der Waals surface area contributed by atoms with Crippen LogP contribution in [-0.4, -0.2) is 20.7 Å². The summed E-state index contributed by atoms with van der Waals surface area (Å²) in [6.07, 6.45) is 1.43. The number of hydrogen-bond donors (Lipinski definition) is 2. The molecule has 1 aliphatic rings. The predicted octanol–water partition coefficient (Wildman–Crippen LogP) is 3.94. The van der Waals surface area contributed by atoms with Gasteiger partial charge in [0.25, 0.3) is 0 Å². The lowest BCUT2D eigenvalue weighted by Gasteiger charge is -2.27. The summed E-state index contributed by atoms with van der Waals surface area (Å²) in [6, 6.07) is 12.3. The van der Waals surface area contributed by atoms with Gasteiger partial charge in [-0.15, -0.1) is 0 Å². The molecule has 1 atom stereocenters. The number of anilines is 1. The minimum atomic E-state index is -0.513. The van der Waals surface area contributed by atoms with E-state index in [9.17, 15) is 4.79 Å². The van der Waals surface area contributed by atoms with Crippen LogP contribution in [0.15, 0.2) is 60.1 Å². The van der Waals surface area contributed by atoms with E-state index >= 15 is 0 Å². The molecule has 0 aliphatic carbocycles. The number of ether oxygens (including phenoxy) is 1. The fourth-order valence-electron chi connectivity index (χ4n) is 3.26. The molecule has 0 fully saturated rings. The Hall–Kier alpha value is -3.03. The van der Waals surface area contributed by atoms with E-state index in [0.717, 1.165) is 11.1 Å². The first-order chi connectivity index (χ1) is 13.9. The number of rotatable bonds is 5. The molecule has 0 bridgehead atoms. The molecule has 0 radical (unpaired) electrons.